The van der Waals surface area contributed by atoms with E-state index >= 15 is 0 Å². The van der Waals surface area contributed by atoms with Crippen molar-refractivity contribution < 1.29 is 14.7 Å². The minimum absolute atomic E-state index is 0.133. The fourth-order valence-electron chi connectivity index (χ4n) is 1.93. The van der Waals surface area contributed by atoms with E-state index in [0.29, 0.717) is 12.1 Å². The van der Waals surface area contributed by atoms with E-state index in [0.717, 1.165) is 5.56 Å². The standard InChI is InChI=1S/C12H13NO3/c1-12(2)6-13-10(14)8-4-3-7(11(15)16)5-9(8)12/h3-5H,6H2,1-2H3,(H,13,14)(H,15,16). The molecule has 2 N–H and O–H groups in total. The fraction of sp³-hybridized carbons (Fsp3) is 0.333. The van der Waals surface area contributed by atoms with Crippen molar-refractivity contribution in [3.05, 3.63) is 34.9 Å². The molecule has 1 aliphatic heterocycles. The summed E-state index contributed by atoms with van der Waals surface area (Å²) in [6, 6.07) is 4.63. The molecule has 0 saturated heterocycles. The maximum Gasteiger partial charge on any atom is 0.335 e. The monoisotopic (exact) mass is 219 g/mol. The van der Waals surface area contributed by atoms with E-state index in [1.54, 1.807) is 12.1 Å². The van der Waals surface area contributed by atoms with Gasteiger partial charge in [0.2, 0.25) is 0 Å². The predicted molar refractivity (Wildman–Crippen MR) is 58.8 cm³/mol. The van der Waals surface area contributed by atoms with Crippen molar-refractivity contribution >= 4 is 11.9 Å². The highest BCUT2D eigenvalue weighted by Crippen LogP contribution is 2.30. The molecule has 0 atom stereocenters. The number of carbonyl (C=O) groups is 2. The Morgan fingerprint density at radius 3 is 2.75 bits per heavy atom. The lowest BCUT2D eigenvalue weighted by atomic mass is 9.78. The Morgan fingerprint density at radius 2 is 2.12 bits per heavy atom. The maximum absolute atomic E-state index is 11.6. The van der Waals surface area contributed by atoms with Crippen LogP contribution in [0.25, 0.3) is 0 Å². The topological polar surface area (TPSA) is 66.4 Å². The molecule has 0 saturated carbocycles. The fourth-order valence-corrected chi connectivity index (χ4v) is 1.93. The van der Waals surface area contributed by atoms with Crippen LogP contribution in [0.5, 0.6) is 0 Å². The van der Waals surface area contributed by atoms with Gasteiger partial charge >= 0.3 is 5.97 Å². The second-order valence-corrected chi connectivity index (χ2v) is 4.63. The number of benzene rings is 1. The van der Waals surface area contributed by atoms with Gasteiger partial charge in [-0.15, -0.1) is 0 Å². The molecule has 1 amide bonds. The van der Waals surface area contributed by atoms with Gasteiger partial charge in [0.05, 0.1) is 5.56 Å². The smallest absolute Gasteiger partial charge is 0.335 e. The normalized spacial score (nSPS) is 17.5. The zero-order valence-corrected chi connectivity index (χ0v) is 9.20. The van der Waals surface area contributed by atoms with Crippen LogP contribution >= 0.6 is 0 Å². The van der Waals surface area contributed by atoms with Gasteiger partial charge < -0.3 is 10.4 Å². The van der Waals surface area contributed by atoms with Crippen molar-refractivity contribution in [3.8, 4) is 0 Å². The summed E-state index contributed by atoms with van der Waals surface area (Å²) in [5, 5.41) is 11.7. The molecular weight excluding hydrogens is 206 g/mol. The van der Waals surface area contributed by atoms with Crippen molar-refractivity contribution in [1.29, 1.82) is 0 Å². The van der Waals surface area contributed by atoms with Crippen molar-refractivity contribution in [2.24, 2.45) is 0 Å². The van der Waals surface area contributed by atoms with Crippen LogP contribution in [-0.4, -0.2) is 23.5 Å². The van der Waals surface area contributed by atoms with Gasteiger partial charge in [0, 0.05) is 17.5 Å². The minimum Gasteiger partial charge on any atom is -0.478 e. The van der Waals surface area contributed by atoms with Crippen molar-refractivity contribution in [1.82, 2.24) is 5.32 Å². The molecular formula is C12H13NO3. The highest BCUT2D eigenvalue weighted by Gasteiger charge is 2.31. The Hall–Kier alpha value is -1.84. The number of aromatic carboxylic acids is 1. The van der Waals surface area contributed by atoms with Crippen LogP contribution in [-0.2, 0) is 5.41 Å². The molecule has 2 rings (SSSR count). The third-order valence-electron chi connectivity index (χ3n) is 2.93. The molecule has 1 aromatic rings. The number of carbonyl (C=O) groups excluding carboxylic acids is 1. The predicted octanol–water partition coefficient (Wildman–Crippen LogP) is 1.41. The van der Waals surface area contributed by atoms with Gasteiger partial charge in [0.25, 0.3) is 5.91 Å². The lowest BCUT2D eigenvalue weighted by molar-refractivity contribution is 0.0695. The number of rotatable bonds is 1. The minimum atomic E-state index is -0.968. The largest absolute Gasteiger partial charge is 0.478 e. The second-order valence-electron chi connectivity index (χ2n) is 4.63. The van der Waals surface area contributed by atoms with E-state index in [9.17, 15) is 9.59 Å². The first-order valence-electron chi connectivity index (χ1n) is 5.08. The first-order valence-corrected chi connectivity index (χ1v) is 5.08. The lowest BCUT2D eigenvalue weighted by Crippen LogP contribution is -2.43. The van der Waals surface area contributed by atoms with Crippen LogP contribution in [0.1, 0.15) is 40.1 Å². The summed E-state index contributed by atoms with van der Waals surface area (Å²) in [6.45, 7) is 4.50. The summed E-state index contributed by atoms with van der Waals surface area (Å²) in [5.74, 6) is -1.10. The van der Waals surface area contributed by atoms with Crippen LogP contribution in [0.3, 0.4) is 0 Å². The first kappa shape index (κ1) is 10.7. The van der Waals surface area contributed by atoms with Crippen molar-refractivity contribution in [2.75, 3.05) is 6.54 Å². The molecule has 84 valence electrons. The van der Waals surface area contributed by atoms with Crippen molar-refractivity contribution in [2.45, 2.75) is 19.3 Å². The zero-order chi connectivity index (χ0) is 11.9. The van der Waals surface area contributed by atoms with Gasteiger partial charge in [0.15, 0.2) is 0 Å². The first-order chi connectivity index (χ1) is 7.42. The van der Waals surface area contributed by atoms with Gasteiger partial charge in [-0.1, -0.05) is 13.8 Å². The molecule has 16 heavy (non-hydrogen) atoms. The van der Waals surface area contributed by atoms with Gasteiger partial charge in [0.1, 0.15) is 0 Å². The lowest BCUT2D eigenvalue weighted by Gasteiger charge is -2.32. The Morgan fingerprint density at radius 1 is 1.44 bits per heavy atom. The molecule has 0 bridgehead atoms. The molecule has 1 heterocycles. The Balaban J connectivity index is 2.62. The van der Waals surface area contributed by atoms with Gasteiger partial charge in [-0.05, 0) is 23.8 Å². The number of hydrogen-bond donors (Lipinski definition) is 2. The number of carboxylic acids is 1. The van der Waals surface area contributed by atoms with Crippen LogP contribution in [0, 0.1) is 0 Å². The van der Waals surface area contributed by atoms with Gasteiger partial charge in [-0.25, -0.2) is 4.79 Å². The number of fused-ring (bicyclic) bond motifs is 1. The molecule has 4 nitrogen and oxygen atoms in total. The van der Waals surface area contributed by atoms with E-state index in [1.807, 2.05) is 13.8 Å². The summed E-state index contributed by atoms with van der Waals surface area (Å²) in [7, 11) is 0. The molecule has 0 radical (unpaired) electrons. The van der Waals surface area contributed by atoms with E-state index < -0.39 is 5.97 Å². The molecule has 0 aliphatic carbocycles. The molecule has 0 fully saturated rings. The SMILES string of the molecule is CC1(C)CNC(=O)c2ccc(C(=O)O)cc21. The average molecular weight is 219 g/mol. The van der Waals surface area contributed by atoms with Crippen molar-refractivity contribution in [3.63, 3.8) is 0 Å². The number of hydrogen-bond acceptors (Lipinski definition) is 2. The van der Waals surface area contributed by atoms with Gasteiger partial charge in [-0.2, -0.15) is 0 Å². The Labute approximate surface area is 93.3 Å². The maximum atomic E-state index is 11.6. The summed E-state index contributed by atoms with van der Waals surface area (Å²) in [4.78, 5) is 22.5. The summed E-state index contributed by atoms with van der Waals surface area (Å²) in [6.07, 6.45) is 0. The van der Waals surface area contributed by atoms with Gasteiger partial charge in [-0.3, -0.25) is 4.79 Å². The summed E-state index contributed by atoms with van der Waals surface area (Å²) in [5.41, 5.74) is 1.37. The third kappa shape index (κ3) is 1.56. The molecule has 1 aromatic carbocycles. The molecule has 0 aromatic heterocycles. The van der Waals surface area contributed by atoms with E-state index in [4.69, 9.17) is 5.11 Å². The number of nitrogens with one attached hydrogen (secondary N) is 1. The number of amides is 1. The van der Waals surface area contributed by atoms with Crippen LogP contribution in [0.15, 0.2) is 18.2 Å². The van der Waals surface area contributed by atoms with Crippen LogP contribution < -0.4 is 5.32 Å². The highest BCUT2D eigenvalue weighted by molar-refractivity contribution is 5.99. The van der Waals surface area contributed by atoms with E-state index in [2.05, 4.69) is 5.32 Å². The molecule has 0 spiro atoms. The molecule has 0 unspecified atom stereocenters. The second kappa shape index (κ2) is 3.33. The quantitative estimate of drug-likeness (QED) is 0.750. The third-order valence-corrected chi connectivity index (χ3v) is 2.93. The Kier molecular flexibility index (Phi) is 2.22. The van der Waals surface area contributed by atoms with Crippen LogP contribution in [0.2, 0.25) is 0 Å². The summed E-state index contributed by atoms with van der Waals surface area (Å²) >= 11 is 0. The highest BCUT2D eigenvalue weighted by atomic mass is 16.4. The Bertz CT molecular complexity index is 477. The molecule has 1 aliphatic rings. The number of carboxylic acid groups (broad SMARTS) is 1. The summed E-state index contributed by atoms with van der Waals surface area (Å²) < 4.78 is 0. The zero-order valence-electron chi connectivity index (χ0n) is 9.20. The van der Waals surface area contributed by atoms with E-state index in [-0.39, 0.29) is 16.9 Å². The van der Waals surface area contributed by atoms with E-state index in [1.165, 1.54) is 6.07 Å². The average Bonchev–Trinajstić information content (AvgIpc) is 2.23. The van der Waals surface area contributed by atoms with Crippen LogP contribution in [0.4, 0.5) is 0 Å². The molecule has 4 heteroatoms.